The van der Waals surface area contributed by atoms with Gasteiger partial charge in [0.1, 0.15) is 5.60 Å². The van der Waals surface area contributed by atoms with E-state index in [0.717, 1.165) is 0 Å². The van der Waals surface area contributed by atoms with Gasteiger partial charge >= 0.3 is 6.09 Å². The Morgan fingerprint density at radius 2 is 1.45 bits per heavy atom. The van der Waals surface area contributed by atoms with E-state index < -0.39 is 5.60 Å². The Labute approximate surface area is 171 Å². The van der Waals surface area contributed by atoms with Crippen molar-refractivity contribution in [2.75, 3.05) is 39.3 Å². The maximum absolute atomic E-state index is 12.9. The predicted molar refractivity (Wildman–Crippen MR) is 107 cm³/mol. The van der Waals surface area contributed by atoms with Crippen LogP contribution in [0.2, 0.25) is 0 Å². The Morgan fingerprint density at radius 1 is 0.897 bits per heavy atom. The van der Waals surface area contributed by atoms with Gasteiger partial charge in [0.2, 0.25) is 5.91 Å². The lowest BCUT2D eigenvalue weighted by molar-refractivity contribution is -0.138. The van der Waals surface area contributed by atoms with E-state index in [0.29, 0.717) is 57.7 Å². The molecule has 0 aliphatic carbocycles. The van der Waals surface area contributed by atoms with Crippen molar-refractivity contribution in [2.24, 2.45) is 5.92 Å². The standard InChI is InChI=1S/C21H30N4O4/c1-21(2,3)29-20(28)25-10-6-17(7-11-25)19(27)24-14-12-23(13-15-24)18(26)16-4-8-22-9-5-16/h4-5,8-9,17H,6-7,10-15H2,1-3H3. The highest BCUT2D eigenvalue weighted by molar-refractivity contribution is 5.94. The molecule has 8 heteroatoms. The molecule has 29 heavy (non-hydrogen) atoms. The van der Waals surface area contributed by atoms with Crippen molar-refractivity contribution >= 4 is 17.9 Å². The van der Waals surface area contributed by atoms with Crippen LogP contribution in [0.3, 0.4) is 0 Å². The minimum Gasteiger partial charge on any atom is -0.444 e. The second-order valence-corrected chi connectivity index (χ2v) is 8.60. The van der Waals surface area contributed by atoms with Crippen LogP contribution in [0.15, 0.2) is 24.5 Å². The van der Waals surface area contributed by atoms with Crippen LogP contribution in [-0.2, 0) is 9.53 Å². The lowest BCUT2D eigenvalue weighted by Gasteiger charge is -2.38. The molecule has 0 bridgehead atoms. The van der Waals surface area contributed by atoms with E-state index in [1.807, 2.05) is 25.7 Å². The van der Waals surface area contributed by atoms with E-state index in [9.17, 15) is 14.4 Å². The number of ether oxygens (including phenoxy) is 1. The van der Waals surface area contributed by atoms with Crippen molar-refractivity contribution in [1.82, 2.24) is 19.7 Å². The minimum absolute atomic E-state index is 0.0230. The molecule has 2 fully saturated rings. The number of piperazine rings is 1. The van der Waals surface area contributed by atoms with E-state index in [1.165, 1.54) is 0 Å². The highest BCUT2D eigenvalue weighted by Gasteiger charge is 2.33. The first-order valence-corrected chi connectivity index (χ1v) is 10.2. The van der Waals surface area contributed by atoms with Crippen molar-refractivity contribution in [3.8, 4) is 0 Å². The number of likely N-dealkylation sites (tertiary alicyclic amines) is 1. The van der Waals surface area contributed by atoms with Gasteiger partial charge in [-0.05, 0) is 45.7 Å². The fraction of sp³-hybridized carbons (Fsp3) is 0.619. The van der Waals surface area contributed by atoms with Crippen molar-refractivity contribution < 1.29 is 19.1 Å². The highest BCUT2D eigenvalue weighted by Crippen LogP contribution is 2.22. The van der Waals surface area contributed by atoms with Gasteiger partial charge in [-0.15, -0.1) is 0 Å². The summed E-state index contributed by atoms with van der Waals surface area (Å²) in [6.07, 6.45) is 4.20. The van der Waals surface area contributed by atoms with Crippen LogP contribution in [0.25, 0.3) is 0 Å². The average molecular weight is 402 g/mol. The normalized spacial score (nSPS) is 18.5. The number of amides is 3. The Kier molecular flexibility index (Phi) is 6.39. The molecule has 158 valence electrons. The smallest absolute Gasteiger partial charge is 0.410 e. The summed E-state index contributed by atoms with van der Waals surface area (Å²) in [5, 5.41) is 0. The molecular weight excluding hydrogens is 372 g/mol. The molecule has 0 saturated carbocycles. The largest absolute Gasteiger partial charge is 0.444 e. The average Bonchev–Trinajstić information content (AvgIpc) is 2.72. The van der Waals surface area contributed by atoms with Crippen LogP contribution in [0.4, 0.5) is 4.79 Å². The third kappa shape index (κ3) is 5.46. The quantitative estimate of drug-likeness (QED) is 0.756. The van der Waals surface area contributed by atoms with Crippen LogP contribution < -0.4 is 0 Å². The number of aromatic nitrogens is 1. The minimum atomic E-state index is -0.517. The molecular formula is C21H30N4O4. The molecule has 0 aromatic carbocycles. The van der Waals surface area contributed by atoms with Crippen LogP contribution in [0.5, 0.6) is 0 Å². The van der Waals surface area contributed by atoms with Crippen LogP contribution >= 0.6 is 0 Å². The summed E-state index contributed by atoms with van der Waals surface area (Å²) >= 11 is 0. The van der Waals surface area contributed by atoms with Gasteiger partial charge in [-0.25, -0.2) is 4.79 Å². The Balaban J connectivity index is 1.46. The summed E-state index contributed by atoms with van der Waals surface area (Å²) in [7, 11) is 0. The number of hydrogen-bond donors (Lipinski definition) is 0. The lowest BCUT2D eigenvalue weighted by atomic mass is 9.95. The molecule has 8 nitrogen and oxygen atoms in total. The molecule has 2 aliphatic heterocycles. The number of hydrogen-bond acceptors (Lipinski definition) is 5. The molecule has 0 atom stereocenters. The molecule has 2 saturated heterocycles. The van der Waals surface area contributed by atoms with Gasteiger partial charge in [-0.2, -0.15) is 0 Å². The molecule has 1 aromatic rings. The van der Waals surface area contributed by atoms with E-state index in [4.69, 9.17) is 4.74 Å². The summed E-state index contributed by atoms with van der Waals surface area (Å²) in [5.41, 5.74) is 0.103. The summed E-state index contributed by atoms with van der Waals surface area (Å²) in [5.74, 6) is 0.0335. The first-order valence-electron chi connectivity index (χ1n) is 10.2. The molecule has 1 aromatic heterocycles. The first-order chi connectivity index (χ1) is 13.7. The number of rotatable bonds is 2. The molecule has 0 radical (unpaired) electrons. The molecule has 0 N–H and O–H groups in total. The number of carbonyl (C=O) groups excluding carboxylic acids is 3. The molecule has 0 spiro atoms. The summed E-state index contributed by atoms with van der Waals surface area (Å²) < 4.78 is 5.41. The zero-order valence-electron chi connectivity index (χ0n) is 17.5. The van der Waals surface area contributed by atoms with Crippen molar-refractivity contribution in [2.45, 2.75) is 39.2 Å². The zero-order valence-corrected chi connectivity index (χ0v) is 17.5. The van der Waals surface area contributed by atoms with Gasteiger partial charge in [-0.1, -0.05) is 0 Å². The second kappa shape index (κ2) is 8.80. The van der Waals surface area contributed by atoms with Crippen LogP contribution in [0, 0.1) is 5.92 Å². The van der Waals surface area contributed by atoms with Crippen molar-refractivity contribution in [3.05, 3.63) is 30.1 Å². The molecule has 0 unspecified atom stereocenters. The third-order valence-corrected chi connectivity index (χ3v) is 5.30. The van der Waals surface area contributed by atoms with Gasteiger partial charge in [0.05, 0.1) is 0 Å². The number of pyridine rings is 1. The Bertz CT molecular complexity index is 731. The van der Waals surface area contributed by atoms with E-state index in [-0.39, 0.29) is 23.8 Å². The molecule has 3 amide bonds. The SMILES string of the molecule is CC(C)(C)OC(=O)N1CCC(C(=O)N2CCN(C(=O)c3ccncc3)CC2)CC1. The van der Waals surface area contributed by atoms with Crippen molar-refractivity contribution in [3.63, 3.8) is 0 Å². The Hall–Kier alpha value is -2.64. The topological polar surface area (TPSA) is 83.0 Å². The molecule has 3 heterocycles. The van der Waals surface area contributed by atoms with Crippen LogP contribution in [0.1, 0.15) is 44.0 Å². The second-order valence-electron chi connectivity index (χ2n) is 8.60. The van der Waals surface area contributed by atoms with Crippen molar-refractivity contribution in [1.29, 1.82) is 0 Å². The number of piperidine rings is 1. The number of carbonyl (C=O) groups is 3. The van der Waals surface area contributed by atoms with Gasteiger partial charge < -0.3 is 19.4 Å². The first kappa shape index (κ1) is 21.1. The maximum atomic E-state index is 12.9. The molecule has 2 aliphatic rings. The third-order valence-electron chi connectivity index (χ3n) is 5.30. The lowest BCUT2D eigenvalue weighted by Crippen LogP contribution is -2.53. The summed E-state index contributed by atoms with van der Waals surface area (Å²) in [4.78, 5) is 46.8. The van der Waals surface area contributed by atoms with E-state index in [2.05, 4.69) is 4.98 Å². The number of nitrogens with zero attached hydrogens (tertiary/aromatic N) is 4. The van der Waals surface area contributed by atoms with Crippen LogP contribution in [-0.4, -0.2) is 82.5 Å². The zero-order chi connectivity index (χ0) is 21.0. The fourth-order valence-electron chi connectivity index (χ4n) is 3.70. The summed E-state index contributed by atoms with van der Waals surface area (Å²) in [6.45, 7) is 8.76. The fourth-order valence-corrected chi connectivity index (χ4v) is 3.70. The van der Waals surface area contributed by atoms with E-state index in [1.54, 1.807) is 34.3 Å². The van der Waals surface area contributed by atoms with Gasteiger partial charge in [0.15, 0.2) is 0 Å². The molecule has 3 rings (SSSR count). The summed E-state index contributed by atoms with van der Waals surface area (Å²) in [6, 6.07) is 3.41. The Morgan fingerprint density at radius 3 is 2.00 bits per heavy atom. The van der Waals surface area contributed by atoms with Gasteiger partial charge in [-0.3, -0.25) is 14.6 Å². The van der Waals surface area contributed by atoms with Gasteiger partial charge in [0.25, 0.3) is 5.91 Å². The monoisotopic (exact) mass is 402 g/mol. The maximum Gasteiger partial charge on any atom is 0.410 e. The highest BCUT2D eigenvalue weighted by atomic mass is 16.6. The predicted octanol–water partition coefficient (Wildman–Crippen LogP) is 2.01. The van der Waals surface area contributed by atoms with E-state index >= 15 is 0 Å². The van der Waals surface area contributed by atoms with Gasteiger partial charge in [0, 0.05) is 63.1 Å².